The van der Waals surface area contributed by atoms with Gasteiger partial charge in [-0.1, -0.05) is 6.92 Å². The van der Waals surface area contributed by atoms with Crippen molar-refractivity contribution in [2.24, 2.45) is 5.92 Å². The lowest BCUT2D eigenvalue weighted by Crippen LogP contribution is -2.50. The molecule has 24 heavy (non-hydrogen) atoms. The number of piperidine rings is 2. The normalized spacial score (nSPS) is 23.6. The maximum Gasteiger partial charge on any atom is 0.255 e. The van der Waals surface area contributed by atoms with Crippen molar-refractivity contribution in [3.63, 3.8) is 0 Å². The number of aromatic nitrogens is 1. The zero-order valence-corrected chi connectivity index (χ0v) is 15.8. The molecule has 1 aromatic rings. The van der Waals surface area contributed by atoms with Crippen molar-refractivity contribution in [2.45, 2.75) is 38.6 Å². The third-order valence-electron chi connectivity index (χ3n) is 4.83. The van der Waals surface area contributed by atoms with Gasteiger partial charge in [-0.15, -0.1) is 24.8 Å². The van der Waals surface area contributed by atoms with Crippen molar-refractivity contribution in [3.05, 3.63) is 23.9 Å². The Morgan fingerprint density at radius 1 is 1.29 bits per heavy atom. The fourth-order valence-electron chi connectivity index (χ4n) is 3.36. The number of carbonyl (C=O) groups excluding carboxylic acids is 1. The number of hydrogen-bond acceptors (Lipinski definition) is 4. The highest BCUT2D eigenvalue weighted by Crippen LogP contribution is 2.22. The zero-order valence-electron chi connectivity index (χ0n) is 14.2. The lowest BCUT2D eigenvalue weighted by atomic mass is 9.94. The minimum Gasteiger partial charge on any atom is -0.356 e. The molecule has 2 fully saturated rings. The summed E-state index contributed by atoms with van der Waals surface area (Å²) in [6, 6.07) is 3.95. The molecular formula is C17H28Cl2N4O. The SMILES string of the molecule is CC1CCNCC1NC(=O)c1cccnc1N1CCCCC1.Cl.Cl. The number of carbonyl (C=O) groups is 1. The van der Waals surface area contributed by atoms with Gasteiger partial charge in [0.25, 0.3) is 5.91 Å². The average Bonchev–Trinajstić information content (AvgIpc) is 2.58. The summed E-state index contributed by atoms with van der Waals surface area (Å²) in [6.45, 7) is 6.10. The van der Waals surface area contributed by atoms with Crippen LogP contribution in [0.15, 0.2) is 18.3 Å². The summed E-state index contributed by atoms with van der Waals surface area (Å²) in [5.74, 6) is 1.37. The van der Waals surface area contributed by atoms with Gasteiger partial charge in [0.05, 0.1) is 5.56 Å². The number of hydrogen-bond donors (Lipinski definition) is 2. The van der Waals surface area contributed by atoms with Crippen LogP contribution in [-0.4, -0.2) is 43.1 Å². The van der Waals surface area contributed by atoms with Crippen molar-refractivity contribution in [3.8, 4) is 0 Å². The standard InChI is InChI=1S/C17H26N4O.2ClH/c1-13-7-9-18-12-15(13)20-17(22)14-6-5-8-19-16(14)21-10-3-2-4-11-21;;/h5-6,8,13,15,18H,2-4,7,9-12H2,1H3,(H,20,22);2*1H. The third kappa shape index (κ3) is 4.98. The van der Waals surface area contributed by atoms with Crippen LogP contribution < -0.4 is 15.5 Å². The molecule has 2 aliphatic rings. The average molecular weight is 375 g/mol. The Kier molecular flexibility index (Phi) is 8.81. The Bertz CT molecular complexity index is 523. The van der Waals surface area contributed by atoms with E-state index in [9.17, 15) is 4.79 Å². The predicted octanol–water partition coefficient (Wildman–Crippen LogP) is 2.64. The van der Waals surface area contributed by atoms with E-state index in [1.807, 2.05) is 12.1 Å². The molecule has 0 radical (unpaired) electrons. The first-order valence-corrected chi connectivity index (χ1v) is 8.47. The summed E-state index contributed by atoms with van der Waals surface area (Å²) in [4.78, 5) is 19.5. The maximum absolute atomic E-state index is 12.7. The Morgan fingerprint density at radius 3 is 2.75 bits per heavy atom. The number of nitrogens with one attached hydrogen (secondary N) is 2. The van der Waals surface area contributed by atoms with Gasteiger partial charge < -0.3 is 15.5 Å². The maximum atomic E-state index is 12.7. The fourth-order valence-corrected chi connectivity index (χ4v) is 3.36. The number of anilines is 1. The molecule has 2 saturated heterocycles. The lowest BCUT2D eigenvalue weighted by molar-refractivity contribution is 0.0915. The van der Waals surface area contributed by atoms with Gasteiger partial charge in [0.2, 0.25) is 0 Å². The van der Waals surface area contributed by atoms with E-state index in [0.29, 0.717) is 11.5 Å². The minimum atomic E-state index is 0. The first-order chi connectivity index (χ1) is 10.8. The number of rotatable bonds is 3. The molecule has 1 amide bonds. The molecule has 2 atom stereocenters. The van der Waals surface area contributed by atoms with Crippen molar-refractivity contribution in [1.82, 2.24) is 15.6 Å². The quantitative estimate of drug-likeness (QED) is 0.853. The van der Waals surface area contributed by atoms with E-state index in [4.69, 9.17) is 0 Å². The van der Waals surface area contributed by atoms with Gasteiger partial charge in [-0.05, 0) is 50.3 Å². The molecule has 0 aromatic carbocycles. The highest BCUT2D eigenvalue weighted by molar-refractivity contribution is 5.99. The van der Waals surface area contributed by atoms with Crippen LogP contribution in [0.3, 0.4) is 0 Å². The fraction of sp³-hybridized carbons (Fsp3) is 0.647. The largest absolute Gasteiger partial charge is 0.356 e. The van der Waals surface area contributed by atoms with Crippen molar-refractivity contribution >= 4 is 36.5 Å². The summed E-state index contributed by atoms with van der Waals surface area (Å²) >= 11 is 0. The molecule has 3 rings (SSSR count). The Balaban J connectivity index is 0.00000144. The molecule has 2 N–H and O–H groups in total. The van der Waals surface area contributed by atoms with Crippen LogP contribution in [0.25, 0.3) is 0 Å². The first kappa shape index (κ1) is 21.0. The molecule has 0 bridgehead atoms. The van der Waals surface area contributed by atoms with Crippen LogP contribution in [0.1, 0.15) is 43.0 Å². The van der Waals surface area contributed by atoms with Crippen molar-refractivity contribution < 1.29 is 4.79 Å². The van der Waals surface area contributed by atoms with E-state index in [1.165, 1.54) is 19.3 Å². The Morgan fingerprint density at radius 2 is 2.04 bits per heavy atom. The Hall–Kier alpha value is -1.04. The van der Waals surface area contributed by atoms with Gasteiger partial charge in [-0.2, -0.15) is 0 Å². The predicted molar refractivity (Wildman–Crippen MR) is 103 cm³/mol. The summed E-state index contributed by atoms with van der Waals surface area (Å²) in [7, 11) is 0. The summed E-state index contributed by atoms with van der Waals surface area (Å²) < 4.78 is 0. The molecule has 3 heterocycles. The van der Waals surface area contributed by atoms with E-state index >= 15 is 0 Å². The van der Waals surface area contributed by atoms with Crippen LogP contribution in [0, 0.1) is 5.92 Å². The molecular weight excluding hydrogens is 347 g/mol. The van der Waals surface area contributed by atoms with Gasteiger partial charge in [-0.3, -0.25) is 4.79 Å². The van der Waals surface area contributed by atoms with Crippen molar-refractivity contribution in [2.75, 3.05) is 31.1 Å². The number of nitrogens with zero attached hydrogens (tertiary/aromatic N) is 2. The van der Waals surface area contributed by atoms with Crippen LogP contribution >= 0.6 is 24.8 Å². The lowest BCUT2D eigenvalue weighted by Gasteiger charge is -2.32. The van der Waals surface area contributed by atoms with E-state index in [0.717, 1.165) is 38.4 Å². The first-order valence-electron chi connectivity index (χ1n) is 8.47. The molecule has 2 aliphatic heterocycles. The monoisotopic (exact) mass is 374 g/mol. The molecule has 2 unspecified atom stereocenters. The van der Waals surface area contributed by atoms with E-state index < -0.39 is 0 Å². The summed E-state index contributed by atoms with van der Waals surface area (Å²) in [5.41, 5.74) is 0.710. The van der Waals surface area contributed by atoms with Gasteiger partial charge in [0, 0.05) is 31.9 Å². The van der Waals surface area contributed by atoms with Crippen LogP contribution in [0.4, 0.5) is 5.82 Å². The zero-order chi connectivity index (χ0) is 15.4. The second kappa shape index (κ2) is 10.1. The van der Waals surface area contributed by atoms with Gasteiger partial charge in [0.15, 0.2) is 0 Å². The molecule has 0 spiro atoms. The summed E-state index contributed by atoms with van der Waals surface area (Å²) in [5, 5.41) is 6.56. The van der Waals surface area contributed by atoms with Crippen LogP contribution in [0.2, 0.25) is 0 Å². The van der Waals surface area contributed by atoms with E-state index in [1.54, 1.807) is 6.20 Å². The van der Waals surface area contributed by atoms with Gasteiger partial charge in [-0.25, -0.2) is 4.98 Å². The topological polar surface area (TPSA) is 57.3 Å². The number of halogens is 2. The molecule has 0 aliphatic carbocycles. The summed E-state index contributed by atoms with van der Waals surface area (Å²) in [6.07, 6.45) is 6.53. The number of amides is 1. The van der Waals surface area contributed by atoms with Crippen LogP contribution in [0.5, 0.6) is 0 Å². The Labute approximate surface area is 156 Å². The molecule has 136 valence electrons. The van der Waals surface area contributed by atoms with Crippen molar-refractivity contribution in [1.29, 1.82) is 0 Å². The van der Waals surface area contributed by atoms with E-state index in [-0.39, 0.29) is 36.8 Å². The molecule has 0 saturated carbocycles. The van der Waals surface area contributed by atoms with Gasteiger partial charge >= 0.3 is 0 Å². The number of pyridine rings is 1. The second-order valence-corrected chi connectivity index (χ2v) is 6.47. The van der Waals surface area contributed by atoms with Gasteiger partial charge in [0.1, 0.15) is 5.82 Å². The smallest absolute Gasteiger partial charge is 0.255 e. The minimum absolute atomic E-state index is 0. The van der Waals surface area contributed by atoms with E-state index in [2.05, 4.69) is 27.4 Å². The highest BCUT2D eigenvalue weighted by atomic mass is 35.5. The third-order valence-corrected chi connectivity index (χ3v) is 4.83. The molecule has 5 nitrogen and oxygen atoms in total. The molecule has 7 heteroatoms. The van der Waals surface area contributed by atoms with Crippen LogP contribution in [-0.2, 0) is 0 Å². The second-order valence-electron chi connectivity index (χ2n) is 6.47. The molecule has 1 aromatic heterocycles. The highest BCUT2D eigenvalue weighted by Gasteiger charge is 2.25.